The summed E-state index contributed by atoms with van der Waals surface area (Å²) in [4.78, 5) is 39.1. The predicted octanol–water partition coefficient (Wildman–Crippen LogP) is 4.11. The van der Waals surface area contributed by atoms with E-state index in [1.54, 1.807) is 45.2 Å². The second kappa shape index (κ2) is 15.8. The van der Waals surface area contributed by atoms with E-state index >= 15 is 0 Å². The third kappa shape index (κ3) is 9.69. The molecule has 1 aromatic carbocycles. The van der Waals surface area contributed by atoms with E-state index in [0.29, 0.717) is 12.1 Å². The molecule has 3 amide bonds. The third-order valence-corrected chi connectivity index (χ3v) is 8.97. The Morgan fingerprint density at radius 1 is 1.05 bits per heavy atom. The van der Waals surface area contributed by atoms with Gasteiger partial charge in [0, 0.05) is 19.2 Å². The summed E-state index contributed by atoms with van der Waals surface area (Å²) in [7, 11) is -2.46. The highest BCUT2D eigenvalue weighted by molar-refractivity contribution is 7.54. The standard InChI is InChI=1S/C26H42N3O8P/c1-4-36-38(35,37-5-2)25(32)21(16-17-23(30)29(3)20-14-10-7-11-15-20)27-24(31)22(28-26(33)34)18-19-12-8-6-9-13-19/h7,10-11,14-15,19,21-22,25,28,32H,4-6,8-9,12-13,16-18H2,1-3H3,(H,27,31)(H,33,34)/t21-,22-,25?/m0/s1. The maximum absolute atomic E-state index is 13.3. The average molecular weight is 556 g/mol. The number of hydrogen-bond donors (Lipinski definition) is 4. The van der Waals surface area contributed by atoms with Gasteiger partial charge in [0.1, 0.15) is 6.04 Å². The van der Waals surface area contributed by atoms with Crippen LogP contribution in [-0.4, -0.2) is 66.3 Å². The minimum atomic E-state index is -4.08. The van der Waals surface area contributed by atoms with E-state index in [2.05, 4.69) is 10.6 Å². The maximum atomic E-state index is 13.3. The molecule has 1 aliphatic carbocycles. The van der Waals surface area contributed by atoms with Gasteiger partial charge in [-0.25, -0.2) is 4.79 Å². The Kier molecular flexibility index (Phi) is 13.2. The van der Waals surface area contributed by atoms with Crippen molar-refractivity contribution >= 4 is 31.2 Å². The summed E-state index contributed by atoms with van der Waals surface area (Å²) in [5.41, 5.74) is 0.672. The number of para-hydroxylation sites is 1. The van der Waals surface area contributed by atoms with E-state index in [-0.39, 0.29) is 37.9 Å². The number of hydrogen-bond acceptors (Lipinski definition) is 7. The number of benzene rings is 1. The molecule has 1 unspecified atom stereocenters. The van der Waals surface area contributed by atoms with E-state index in [1.165, 1.54) is 4.90 Å². The fraction of sp³-hybridized carbons (Fsp3) is 0.654. The smallest absolute Gasteiger partial charge is 0.405 e. The monoisotopic (exact) mass is 555 g/mol. The van der Waals surface area contributed by atoms with Crippen molar-refractivity contribution in [1.29, 1.82) is 0 Å². The lowest BCUT2D eigenvalue weighted by molar-refractivity contribution is -0.125. The zero-order valence-corrected chi connectivity index (χ0v) is 23.4. The molecule has 1 fully saturated rings. The molecule has 38 heavy (non-hydrogen) atoms. The lowest BCUT2D eigenvalue weighted by Crippen LogP contribution is -2.53. The molecule has 0 aromatic heterocycles. The van der Waals surface area contributed by atoms with Crippen molar-refractivity contribution in [3.63, 3.8) is 0 Å². The number of carboxylic acid groups (broad SMARTS) is 1. The molecule has 4 N–H and O–H groups in total. The normalized spacial score (nSPS) is 16.7. The molecule has 0 heterocycles. The van der Waals surface area contributed by atoms with Crippen molar-refractivity contribution in [1.82, 2.24) is 10.6 Å². The van der Waals surface area contributed by atoms with Gasteiger partial charge in [0.2, 0.25) is 11.8 Å². The number of carbonyl (C=O) groups is 3. The van der Waals surface area contributed by atoms with Crippen LogP contribution in [0, 0.1) is 5.92 Å². The molecule has 0 spiro atoms. The summed E-state index contributed by atoms with van der Waals surface area (Å²) in [6.45, 7) is 3.19. The Morgan fingerprint density at radius 3 is 2.21 bits per heavy atom. The first-order valence-corrected chi connectivity index (χ1v) is 14.9. The zero-order valence-electron chi connectivity index (χ0n) is 22.5. The fourth-order valence-electron chi connectivity index (χ4n) is 4.73. The molecule has 214 valence electrons. The summed E-state index contributed by atoms with van der Waals surface area (Å²) in [5, 5.41) is 25.4. The second-order valence-corrected chi connectivity index (χ2v) is 11.6. The summed E-state index contributed by atoms with van der Waals surface area (Å²) >= 11 is 0. The van der Waals surface area contributed by atoms with Crippen LogP contribution in [0.3, 0.4) is 0 Å². The first kappa shape index (κ1) is 31.8. The molecule has 11 nitrogen and oxygen atoms in total. The van der Waals surface area contributed by atoms with Gasteiger partial charge in [-0.2, -0.15) is 0 Å². The highest BCUT2D eigenvalue weighted by Gasteiger charge is 2.41. The minimum Gasteiger partial charge on any atom is -0.465 e. The van der Waals surface area contributed by atoms with E-state index in [4.69, 9.17) is 9.05 Å². The molecular weight excluding hydrogens is 513 g/mol. The number of carbonyl (C=O) groups excluding carboxylic acids is 2. The number of amides is 3. The number of rotatable bonds is 15. The summed E-state index contributed by atoms with van der Waals surface area (Å²) < 4.78 is 23.9. The molecule has 2 rings (SSSR count). The number of nitrogens with one attached hydrogen (secondary N) is 2. The SMILES string of the molecule is CCOP(=O)(OCC)C(O)[C@H](CCC(=O)N(C)c1ccccc1)NC(=O)[C@H](CC1CCCCC1)NC(=O)O. The largest absolute Gasteiger partial charge is 0.465 e. The van der Waals surface area contributed by atoms with Gasteiger partial charge in [-0.05, 0) is 44.7 Å². The number of nitrogens with zero attached hydrogens (tertiary/aromatic N) is 1. The Labute approximate surface area is 224 Å². The Morgan fingerprint density at radius 2 is 1.66 bits per heavy atom. The van der Waals surface area contributed by atoms with Crippen LogP contribution < -0.4 is 15.5 Å². The first-order valence-electron chi connectivity index (χ1n) is 13.3. The quantitative estimate of drug-likeness (QED) is 0.236. The van der Waals surface area contributed by atoms with Crippen molar-refractivity contribution in [3.05, 3.63) is 30.3 Å². The molecule has 0 aliphatic heterocycles. The molecule has 1 aromatic rings. The van der Waals surface area contributed by atoms with Crippen molar-refractivity contribution in [2.24, 2.45) is 5.92 Å². The van der Waals surface area contributed by atoms with Gasteiger partial charge in [0.15, 0.2) is 5.85 Å². The van der Waals surface area contributed by atoms with Crippen LogP contribution in [0.2, 0.25) is 0 Å². The van der Waals surface area contributed by atoms with Crippen LogP contribution in [0.15, 0.2) is 30.3 Å². The molecule has 3 atom stereocenters. The van der Waals surface area contributed by atoms with Gasteiger partial charge in [0.05, 0.1) is 19.3 Å². The van der Waals surface area contributed by atoms with Gasteiger partial charge >= 0.3 is 13.7 Å². The van der Waals surface area contributed by atoms with Crippen molar-refractivity contribution in [2.45, 2.75) is 83.1 Å². The molecule has 1 saturated carbocycles. The van der Waals surface area contributed by atoms with Crippen LogP contribution in [0.5, 0.6) is 0 Å². The minimum absolute atomic E-state index is 0.00441. The lowest BCUT2D eigenvalue weighted by Gasteiger charge is -2.32. The average Bonchev–Trinajstić information content (AvgIpc) is 2.90. The molecular formula is C26H42N3O8P. The molecule has 0 bridgehead atoms. The summed E-state index contributed by atoms with van der Waals surface area (Å²) in [6, 6.07) is 6.73. The maximum Gasteiger partial charge on any atom is 0.405 e. The van der Waals surface area contributed by atoms with E-state index in [0.717, 1.165) is 32.1 Å². The second-order valence-electron chi connectivity index (χ2n) is 9.47. The van der Waals surface area contributed by atoms with Gasteiger partial charge < -0.3 is 34.8 Å². The van der Waals surface area contributed by atoms with Crippen LogP contribution in [-0.2, 0) is 23.2 Å². The van der Waals surface area contributed by atoms with E-state index in [1.807, 2.05) is 6.07 Å². The fourth-order valence-corrected chi connectivity index (χ4v) is 6.49. The van der Waals surface area contributed by atoms with E-state index < -0.39 is 37.5 Å². The number of anilines is 1. The highest BCUT2D eigenvalue weighted by atomic mass is 31.2. The number of aliphatic hydroxyl groups is 1. The van der Waals surface area contributed by atoms with Crippen LogP contribution >= 0.6 is 7.60 Å². The Balaban J connectivity index is 2.23. The Hall–Kier alpha value is -2.46. The molecule has 12 heteroatoms. The summed E-state index contributed by atoms with van der Waals surface area (Å²) in [5.74, 6) is -2.52. The van der Waals surface area contributed by atoms with Crippen molar-refractivity contribution in [3.8, 4) is 0 Å². The highest BCUT2D eigenvalue weighted by Crippen LogP contribution is 2.53. The third-order valence-electron chi connectivity index (χ3n) is 6.72. The predicted molar refractivity (Wildman–Crippen MR) is 144 cm³/mol. The number of aliphatic hydroxyl groups excluding tert-OH is 1. The van der Waals surface area contributed by atoms with Crippen LogP contribution in [0.1, 0.15) is 65.2 Å². The van der Waals surface area contributed by atoms with Gasteiger partial charge in [-0.1, -0.05) is 50.3 Å². The van der Waals surface area contributed by atoms with Gasteiger partial charge in [-0.3, -0.25) is 14.2 Å². The molecule has 1 aliphatic rings. The first-order chi connectivity index (χ1) is 18.1. The van der Waals surface area contributed by atoms with Crippen molar-refractivity contribution in [2.75, 3.05) is 25.2 Å². The van der Waals surface area contributed by atoms with Crippen LogP contribution in [0.4, 0.5) is 10.5 Å². The van der Waals surface area contributed by atoms with Crippen LogP contribution in [0.25, 0.3) is 0 Å². The lowest BCUT2D eigenvalue weighted by atomic mass is 9.84. The van der Waals surface area contributed by atoms with Gasteiger partial charge in [0.25, 0.3) is 0 Å². The topological polar surface area (TPSA) is 154 Å². The van der Waals surface area contributed by atoms with E-state index in [9.17, 15) is 29.2 Å². The molecule has 0 radical (unpaired) electrons. The van der Waals surface area contributed by atoms with Gasteiger partial charge in [-0.15, -0.1) is 0 Å². The Bertz CT molecular complexity index is 932. The van der Waals surface area contributed by atoms with Crippen molar-refractivity contribution < 1.29 is 38.2 Å². The zero-order chi connectivity index (χ0) is 28.1. The summed E-state index contributed by atoms with van der Waals surface area (Å²) in [6.07, 6.45) is 3.78. The molecule has 0 saturated heterocycles.